The molecule has 0 spiro atoms. The summed E-state index contributed by atoms with van der Waals surface area (Å²) < 4.78 is 5.25. The number of ether oxygens (including phenoxy) is 1. The molecule has 2 rings (SSSR count). The first-order chi connectivity index (χ1) is 9.60. The summed E-state index contributed by atoms with van der Waals surface area (Å²) in [5, 5.41) is 0.495. The van der Waals surface area contributed by atoms with Gasteiger partial charge in [0.2, 0.25) is 0 Å². The van der Waals surface area contributed by atoms with Gasteiger partial charge in [-0.25, -0.2) is 4.79 Å². The van der Waals surface area contributed by atoms with Gasteiger partial charge in [-0.1, -0.05) is 42.8 Å². The molecule has 0 saturated heterocycles. The minimum Gasteiger partial charge on any atom is -0.457 e. The van der Waals surface area contributed by atoms with Crippen LogP contribution in [0.5, 0.6) is 0 Å². The molecule has 0 atom stereocenters. The number of aryl methyl sites for hydroxylation is 1. The number of benzene rings is 2. The Morgan fingerprint density at radius 3 is 2.40 bits per heavy atom. The molecule has 0 saturated carbocycles. The number of carbonyl (C=O) groups is 1. The summed E-state index contributed by atoms with van der Waals surface area (Å²) in [5.41, 5.74) is 8.60. The monoisotopic (exact) mass is 289 g/mol. The highest BCUT2D eigenvalue weighted by atomic mass is 35.5. The second-order valence-corrected chi connectivity index (χ2v) is 4.91. The number of hydrogen-bond acceptors (Lipinski definition) is 3. The predicted molar refractivity (Wildman–Crippen MR) is 80.8 cm³/mol. The summed E-state index contributed by atoms with van der Waals surface area (Å²) in [5.74, 6) is -0.446. The lowest BCUT2D eigenvalue weighted by Gasteiger charge is -2.08. The van der Waals surface area contributed by atoms with Crippen molar-refractivity contribution in [1.29, 1.82) is 0 Å². The van der Waals surface area contributed by atoms with Gasteiger partial charge in [-0.05, 0) is 35.7 Å². The summed E-state index contributed by atoms with van der Waals surface area (Å²) in [6.45, 7) is 2.32. The number of rotatable bonds is 4. The lowest BCUT2D eigenvalue weighted by Crippen LogP contribution is -2.08. The maximum absolute atomic E-state index is 11.9. The van der Waals surface area contributed by atoms with E-state index in [1.807, 2.05) is 24.3 Å². The van der Waals surface area contributed by atoms with Crippen molar-refractivity contribution in [3.05, 3.63) is 64.2 Å². The molecule has 0 aliphatic rings. The lowest BCUT2D eigenvalue weighted by molar-refractivity contribution is 0.0474. The molecule has 0 aliphatic heterocycles. The number of nitrogens with two attached hydrogens (primary N) is 1. The molecule has 104 valence electrons. The molecule has 20 heavy (non-hydrogen) atoms. The maximum Gasteiger partial charge on any atom is 0.340 e. The molecule has 2 aromatic carbocycles. The number of nitrogen functional groups attached to an aromatic ring is 1. The zero-order chi connectivity index (χ0) is 14.5. The van der Waals surface area contributed by atoms with E-state index in [1.54, 1.807) is 12.1 Å². The topological polar surface area (TPSA) is 52.3 Å². The fourth-order valence-corrected chi connectivity index (χ4v) is 2.00. The number of hydrogen-bond donors (Lipinski definition) is 1. The van der Waals surface area contributed by atoms with Gasteiger partial charge in [0.25, 0.3) is 0 Å². The van der Waals surface area contributed by atoms with Crippen LogP contribution in [0.4, 0.5) is 5.69 Å². The van der Waals surface area contributed by atoms with Crippen molar-refractivity contribution in [1.82, 2.24) is 0 Å². The molecule has 3 nitrogen and oxygen atoms in total. The normalized spacial score (nSPS) is 10.3. The van der Waals surface area contributed by atoms with Crippen molar-refractivity contribution < 1.29 is 9.53 Å². The molecule has 0 amide bonds. The van der Waals surface area contributed by atoms with E-state index in [4.69, 9.17) is 22.1 Å². The Morgan fingerprint density at radius 2 is 1.80 bits per heavy atom. The van der Waals surface area contributed by atoms with E-state index < -0.39 is 5.97 Å². The molecule has 0 fully saturated rings. The second-order valence-electron chi connectivity index (χ2n) is 4.48. The number of esters is 1. The summed E-state index contributed by atoms with van der Waals surface area (Å²) >= 11 is 5.79. The quantitative estimate of drug-likeness (QED) is 0.687. The van der Waals surface area contributed by atoms with Crippen molar-refractivity contribution in [3.63, 3.8) is 0 Å². The molecule has 0 heterocycles. The van der Waals surface area contributed by atoms with Gasteiger partial charge in [-0.15, -0.1) is 0 Å². The van der Waals surface area contributed by atoms with E-state index in [-0.39, 0.29) is 6.61 Å². The molecule has 0 unspecified atom stereocenters. The van der Waals surface area contributed by atoms with Crippen LogP contribution in [0.3, 0.4) is 0 Å². The van der Waals surface area contributed by atoms with Gasteiger partial charge >= 0.3 is 5.97 Å². The Kier molecular flexibility index (Phi) is 4.64. The van der Waals surface area contributed by atoms with Crippen LogP contribution < -0.4 is 5.73 Å². The summed E-state index contributed by atoms with van der Waals surface area (Å²) in [4.78, 5) is 11.9. The second kappa shape index (κ2) is 6.44. The fraction of sp³-hybridized carbons (Fsp3) is 0.188. The highest BCUT2D eigenvalue weighted by Gasteiger charge is 2.11. The van der Waals surface area contributed by atoms with Crippen molar-refractivity contribution in [2.45, 2.75) is 20.0 Å². The summed E-state index contributed by atoms with van der Waals surface area (Å²) in [6, 6.07) is 12.7. The molecular weight excluding hydrogens is 274 g/mol. The van der Waals surface area contributed by atoms with Gasteiger partial charge in [0, 0.05) is 10.7 Å². The first kappa shape index (κ1) is 14.4. The van der Waals surface area contributed by atoms with E-state index in [0.717, 1.165) is 12.0 Å². The molecule has 2 aromatic rings. The first-order valence-corrected chi connectivity index (χ1v) is 6.78. The van der Waals surface area contributed by atoms with Gasteiger partial charge in [-0.2, -0.15) is 0 Å². The van der Waals surface area contributed by atoms with E-state index in [1.165, 1.54) is 11.6 Å². The third-order valence-corrected chi connectivity index (χ3v) is 3.27. The molecule has 0 bridgehead atoms. The molecular formula is C16H16ClNO2. The fourth-order valence-electron chi connectivity index (χ4n) is 1.82. The Bertz CT molecular complexity index is 608. The molecule has 2 N–H and O–H groups in total. The van der Waals surface area contributed by atoms with Crippen LogP contribution in [0, 0.1) is 0 Å². The van der Waals surface area contributed by atoms with Crippen LogP contribution in [-0.2, 0) is 17.8 Å². The minimum absolute atomic E-state index is 0.227. The third-order valence-electron chi connectivity index (χ3n) is 3.03. The molecule has 4 heteroatoms. The van der Waals surface area contributed by atoms with E-state index in [9.17, 15) is 4.79 Å². The van der Waals surface area contributed by atoms with Crippen molar-refractivity contribution in [2.24, 2.45) is 0 Å². The van der Waals surface area contributed by atoms with Crippen LogP contribution in [0.15, 0.2) is 42.5 Å². The van der Waals surface area contributed by atoms with Gasteiger partial charge in [0.05, 0.1) is 5.56 Å². The van der Waals surface area contributed by atoms with Crippen molar-refractivity contribution in [2.75, 3.05) is 5.73 Å². The lowest BCUT2D eigenvalue weighted by atomic mass is 10.1. The Hall–Kier alpha value is -2.00. The highest BCUT2D eigenvalue weighted by molar-refractivity contribution is 6.31. The van der Waals surface area contributed by atoms with E-state index in [2.05, 4.69) is 6.92 Å². The van der Waals surface area contributed by atoms with Crippen LogP contribution in [0.2, 0.25) is 5.02 Å². The van der Waals surface area contributed by atoms with Gasteiger partial charge in [0.1, 0.15) is 6.61 Å². The predicted octanol–water partition coefficient (Wildman–Crippen LogP) is 3.84. The zero-order valence-corrected chi connectivity index (χ0v) is 12.0. The van der Waals surface area contributed by atoms with Gasteiger partial charge < -0.3 is 10.5 Å². The van der Waals surface area contributed by atoms with Gasteiger partial charge in [0.15, 0.2) is 0 Å². The Labute approximate surface area is 123 Å². The first-order valence-electron chi connectivity index (χ1n) is 6.40. The van der Waals surface area contributed by atoms with E-state index >= 15 is 0 Å². The van der Waals surface area contributed by atoms with Crippen LogP contribution >= 0.6 is 11.6 Å². The average molecular weight is 290 g/mol. The van der Waals surface area contributed by atoms with E-state index in [0.29, 0.717) is 16.3 Å². The summed E-state index contributed by atoms with van der Waals surface area (Å²) in [6.07, 6.45) is 0.987. The standard InChI is InChI=1S/C16H16ClNO2/c1-2-11-3-5-12(6-4-11)10-20-16(19)14-8-7-13(17)9-15(14)18/h3-9H,2,10,18H2,1H3. The Morgan fingerprint density at radius 1 is 1.15 bits per heavy atom. The van der Waals surface area contributed by atoms with Crippen LogP contribution in [0.25, 0.3) is 0 Å². The average Bonchev–Trinajstić information content (AvgIpc) is 2.45. The maximum atomic E-state index is 11.9. The SMILES string of the molecule is CCc1ccc(COC(=O)c2ccc(Cl)cc2N)cc1. The minimum atomic E-state index is -0.446. The number of halogens is 1. The van der Waals surface area contributed by atoms with Crippen molar-refractivity contribution in [3.8, 4) is 0 Å². The third kappa shape index (κ3) is 3.52. The smallest absolute Gasteiger partial charge is 0.340 e. The Balaban J connectivity index is 2.00. The molecule has 0 radical (unpaired) electrons. The van der Waals surface area contributed by atoms with Crippen LogP contribution in [-0.4, -0.2) is 5.97 Å². The number of carbonyl (C=O) groups excluding carboxylic acids is 1. The largest absolute Gasteiger partial charge is 0.457 e. The summed E-state index contributed by atoms with van der Waals surface area (Å²) in [7, 11) is 0. The molecule has 0 aliphatic carbocycles. The van der Waals surface area contributed by atoms with Crippen LogP contribution in [0.1, 0.15) is 28.4 Å². The van der Waals surface area contributed by atoms with Gasteiger partial charge in [-0.3, -0.25) is 0 Å². The zero-order valence-electron chi connectivity index (χ0n) is 11.2. The van der Waals surface area contributed by atoms with Crippen molar-refractivity contribution >= 4 is 23.3 Å². The number of anilines is 1. The molecule has 0 aromatic heterocycles. The highest BCUT2D eigenvalue weighted by Crippen LogP contribution is 2.19.